The summed E-state index contributed by atoms with van der Waals surface area (Å²) in [5, 5.41) is 6.00. The summed E-state index contributed by atoms with van der Waals surface area (Å²) in [7, 11) is 0. The summed E-state index contributed by atoms with van der Waals surface area (Å²) in [5.74, 6) is 0.724. The highest BCUT2D eigenvalue weighted by Gasteiger charge is 2.26. The first kappa shape index (κ1) is 26.8. The first-order valence-electron chi connectivity index (χ1n) is 16.4. The van der Waals surface area contributed by atoms with Crippen molar-refractivity contribution < 1.29 is 0 Å². The van der Waals surface area contributed by atoms with Crippen LogP contribution in [0.1, 0.15) is 0 Å². The van der Waals surface area contributed by atoms with Gasteiger partial charge in [-0.1, -0.05) is 158 Å². The molecule has 1 aromatic heterocycles. The van der Waals surface area contributed by atoms with Crippen LogP contribution in [0.4, 0.5) is 0 Å². The molecular formula is C46H28N2. The Morgan fingerprint density at radius 2 is 0.896 bits per heavy atom. The second-order valence-corrected chi connectivity index (χ2v) is 12.5. The van der Waals surface area contributed by atoms with Crippen LogP contribution in [0.15, 0.2) is 170 Å². The maximum Gasteiger partial charge on any atom is 0.160 e. The van der Waals surface area contributed by atoms with Crippen LogP contribution in [0.2, 0.25) is 0 Å². The fourth-order valence-electron chi connectivity index (χ4n) is 7.75. The normalized spacial score (nSPS) is 11.8. The maximum atomic E-state index is 5.26. The molecule has 2 heteroatoms. The van der Waals surface area contributed by atoms with E-state index in [1.807, 2.05) is 6.07 Å². The summed E-state index contributed by atoms with van der Waals surface area (Å²) in [6.45, 7) is 0. The lowest BCUT2D eigenvalue weighted by Gasteiger charge is -2.20. The Hall–Kier alpha value is -6.38. The van der Waals surface area contributed by atoms with Crippen molar-refractivity contribution in [2.45, 2.75) is 0 Å². The summed E-state index contributed by atoms with van der Waals surface area (Å²) >= 11 is 0. The highest BCUT2D eigenvalue weighted by molar-refractivity contribution is 6.27. The summed E-state index contributed by atoms with van der Waals surface area (Å²) in [4.78, 5) is 10.4. The first-order valence-corrected chi connectivity index (χ1v) is 16.4. The lowest BCUT2D eigenvalue weighted by atomic mass is 9.83. The van der Waals surface area contributed by atoms with Gasteiger partial charge >= 0.3 is 0 Å². The minimum absolute atomic E-state index is 0.724. The summed E-state index contributed by atoms with van der Waals surface area (Å²) in [6, 6.07) is 60.9. The Kier molecular flexibility index (Phi) is 5.91. The fraction of sp³-hybridized carbons (Fsp3) is 0. The second kappa shape index (κ2) is 10.6. The van der Waals surface area contributed by atoms with Gasteiger partial charge < -0.3 is 0 Å². The molecule has 1 aliphatic carbocycles. The van der Waals surface area contributed by atoms with Crippen molar-refractivity contribution in [3.05, 3.63) is 170 Å². The molecule has 0 saturated carbocycles. The van der Waals surface area contributed by atoms with E-state index in [2.05, 4.69) is 164 Å². The molecular weight excluding hydrogens is 581 g/mol. The van der Waals surface area contributed by atoms with Crippen molar-refractivity contribution >= 4 is 32.4 Å². The molecule has 2 nitrogen and oxygen atoms in total. The summed E-state index contributed by atoms with van der Waals surface area (Å²) in [6.07, 6.45) is 0. The molecule has 222 valence electrons. The van der Waals surface area contributed by atoms with E-state index in [-0.39, 0.29) is 0 Å². The molecule has 0 fully saturated rings. The number of fused-ring (bicyclic) bond motifs is 8. The zero-order valence-corrected chi connectivity index (χ0v) is 26.1. The van der Waals surface area contributed by atoms with Crippen LogP contribution in [-0.4, -0.2) is 9.97 Å². The van der Waals surface area contributed by atoms with E-state index in [1.54, 1.807) is 0 Å². The van der Waals surface area contributed by atoms with Gasteiger partial charge in [-0.3, -0.25) is 0 Å². The Labute approximate surface area is 278 Å². The molecule has 0 aliphatic heterocycles. The third-order valence-electron chi connectivity index (χ3n) is 9.82. The molecule has 0 spiro atoms. The van der Waals surface area contributed by atoms with E-state index in [0.29, 0.717) is 0 Å². The zero-order chi connectivity index (χ0) is 31.6. The molecule has 0 saturated heterocycles. The smallest absolute Gasteiger partial charge is 0.160 e. The molecule has 0 N–H and O–H groups in total. The third kappa shape index (κ3) is 4.00. The number of rotatable bonds is 3. The number of para-hydroxylation sites is 1. The number of aromatic nitrogens is 2. The zero-order valence-electron chi connectivity index (χ0n) is 26.1. The van der Waals surface area contributed by atoms with E-state index in [0.717, 1.165) is 33.5 Å². The van der Waals surface area contributed by atoms with E-state index >= 15 is 0 Å². The van der Waals surface area contributed by atoms with Crippen LogP contribution in [0.3, 0.4) is 0 Å². The Balaban J connectivity index is 1.36. The van der Waals surface area contributed by atoms with Crippen molar-refractivity contribution in [2.24, 2.45) is 0 Å². The average Bonchev–Trinajstić information content (AvgIpc) is 3.29. The number of hydrogen-bond acceptors (Lipinski definition) is 2. The molecule has 1 aliphatic rings. The van der Waals surface area contributed by atoms with Crippen LogP contribution >= 0.6 is 0 Å². The Morgan fingerprint density at radius 3 is 1.67 bits per heavy atom. The van der Waals surface area contributed by atoms with Crippen LogP contribution < -0.4 is 0 Å². The standard InChI is InChI=1S/C46H28N2/c1-3-14-29(15-4-1)42-37-27-26-31(46-47-41-25-12-11-22-38(41)45(48-46)30-16-5-2-6-17-30)28-40(37)44-35-21-10-9-20-33(35)32-18-7-8-19-34(32)36-23-13-24-39(42)43(36)44/h1-28H. The second-order valence-electron chi connectivity index (χ2n) is 12.5. The van der Waals surface area contributed by atoms with Crippen molar-refractivity contribution in [2.75, 3.05) is 0 Å². The predicted molar refractivity (Wildman–Crippen MR) is 201 cm³/mol. The van der Waals surface area contributed by atoms with Crippen LogP contribution in [0.5, 0.6) is 0 Å². The monoisotopic (exact) mass is 608 g/mol. The molecule has 10 rings (SSSR count). The molecule has 0 bridgehead atoms. The average molecular weight is 609 g/mol. The number of benzene rings is 8. The van der Waals surface area contributed by atoms with Crippen molar-refractivity contribution in [3.63, 3.8) is 0 Å². The molecule has 9 aromatic rings. The lowest BCUT2D eigenvalue weighted by molar-refractivity contribution is 1.23. The van der Waals surface area contributed by atoms with E-state index in [4.69, 9.17) is 9.97 Å². The van der Waals surface area contributed by atoms with Gasteiger partial charge in [0, 0.05) is 16.5 Å². The quantitative estimate of drug-likeness (QED) is 0.187. The molecule has 0 unspecified atom stereocenters. The molecule has 0 radical (unpaired) electrons. The number of nitrogens with zero attached hydrogens (tertiary/aromatic N) is 2. The van der Waals surface area contributed by atoms with Gasteiger partial charge in [-0.15, -0.1) is 0 Å². The fourth-order valence-corrected chi connectivity index (χ4v) is 7.75. The van der Waals surface area contributed by atoms with Gasteiger partial charge in [0.2, 0.25) is 0 Å². The summed E-state index contributed by atoms with van der Waals surface area (Å²) in [5.41, 5.74) is 13.9. The number of hydrogen-bond donors (Lipinski definition) is 0. The Bertz CT molecular complexity index is 2710. The topological polar surface area (TPSA) is 25.8 Å². The van der Waals surface area contributed by atoms with Gasteiger partial charge in [0.25, 0.3) is 0 Å². The highest BCUT2D eigenvalue weighted by Crippen LogP contribution is 2.53. The minimum atomic E-state index is 0.724. The Morgan fingerprint density at radius 1 is 0.312 bits per heavy atom. The maximum absolute atomic E-state index is 5.26. The van der Waals surface area contributed by atoms with Gasteiger partial charge in [-0.2, -0.15) is 0 Å². The third-order valence-corrected chi connectivity index (χ3v) is 9.82. The molecule has 0 amide bonds. The van der Waals surface area contributed by atoms with E-state index < -0.39 is 0 Å². The van der Waals surface area contributed by atoms with Crippen molar-refractivity contribution in [1.29, 1.82) is 0 Å². The van der Waals surface area contributed by atoms with Crippen LogP contribution in [0.25, 0.3) is 99.6 Å². The first-order chi connectivity index (χ1) is 23.8. The molecule has 8 aromatic carbocycles. The van der Waals surface area contributed by atoms with Gasteiger partial charge in [0.1, 0.15) is 0 Å². The largest absolute Gasteiger partial charge is 0.228 e. The molecule has 0 atom stereocenters. The van der Waals surface area contributed by atoms with Gasteiger partial charge in [0.05, 0.1) is 11.2 Å². The van der Waals surface area contributed by atoms with Gasteiger partial charge in [-0.05, 0) is 78.2 Å². The molecule has 48 heavy (non-hydrogen) atoms. The van der Waals surface area contributed by atoms with Crippen LogP contribution in [-0.2, 0) is 0 Å². The SMILES string of the molecule is c1ccc(-c2nc(-c3ccc4c(-c5ccccc5)c5cccc6c5c(c4c3)-c3ccccc3-c3ccccc3-6)nc3ccccc23)cc1. The minimum Gasteiger partial charge on any atom is -0.228 e. The van der Waals surface area contributed by atoms with Crippen molar-refractivity contribution in [3.8, 4) is 67.2 Å². The van der Waals surface area contributed by atoms with E-state index in [9.17, 15) is 0 Å². The van der Waals surface area contributed by atoms with Gasteiger partial charge in [0.15, 0.2) is 5.82 Å². The summed E-state index contributed by atoms with van der Waals surface area (Å²) < 4.78 is 0. The lowest BCUT2D eigenvalue weighted by Crippen LogP contribution is -1.96. The predicted octanol–water partition coefficient (Wildman–Crippen LogP) is 12.3. The van der Waals surface area contributed by atoms with Gasteiger partial charge in [-0.25, -0.2) is 9.97 Å². The van der Waals surface area contributed by atoms with Crippen molar-refractivity contribution in [1.82, 2.24) is 9.97 Å². The van der Waals surface area contributed by atoms with Crippen LogP contribution in [0, 0.1) is 0 Å². The molecule has 1 heterocycles. The highest BCUT2D eigenvalue weighted by atomic mass is 14.9. The van der Waals surface area contributed by atoms with E-state index in [1.165, 1.54) is 66.1 Å².